The average Bonchev–Trinajstić information content (AvgIpc) is 2.76. The molecule has 0 aliphatic rings. The molecule has 8 heteroatoms. The summed E-state index contributed by atoms with van der Waals surface area (Å²) in [6.07, 6.45) is 2.62. The number of ether oxygens (including phenoxy) is 2. The van der Waals surface area contributed by atoms with Crippen LogP contribution in [0.2, 0.25) is 0 Å². The third-order valence-corrected chi connectivity index (χ3v) is 4.23. The number of hydrogen-bond acceptors (Lipinski definition) is 5. The van der Waals surface area contributed by atoms with Crippen LogP contribution < -0.4 is 25.6 Å². The summed E-state index contributed by atoms with van der Waals surface area (Å²) >= 11 is 5.05. The second-order valence-electron chi connectivity index (χ2n) is 6.35. The first-order valence-corrected chi connectivity index (χ1v) is 9.86. The molecule has 0 aromatic heterocycles. The lowest BCUT2D eigenvalue weighted by Gasteiger charge is -2.13. The second-order valence-corrected chi connectivity index (χ2v) is 6.76. The van der Waals surface area contributed by atoms with Crippen molar-refractivity contribution in [3.63, 3.8) is 0 Å². The molecule has 2 rings (SSSR count). The van der Waals surface area contributed by atoms with Gasteiger partial charge < -0.3 is 9.47 Å². The molecule has 0 aliphatic carbocycles. The zero-order chi connectivity index (χ0) is 21.9. The van der Waals surface area contributed by atoms with Gasteiger partial charge in [0.2, 0.25) is 0 Å². The van der Waals surface area contributed by atoms with Gasteiger partial charge in [0, 0.05) is 11.1 Å². The van der Waals surface area contributed by atoms with E-state index >= 15 is 0 Å². The number of nitrogens with one attached hydrogen (secondary N) is 3. The molecule has 0 saturated heterocycles. The van der Waals surface area contributed by atoms with Gasteiger partial charge in [0.05, 0.1) is 6.10 Å². The van der Waals surface area contributed by atoms with Crippen LogP contribution in [0.15, 0.2) is 61.2 Å². The van der Waals surface area contributed by atoms with Gasteiger partial charge in [0.15, 0.2) is 5.11 Å². The van der Waals surface area contributed by atoms with E-state index in [1.807, 2.05) is 13.8 Å². The van der Waals surface area contributed by atoms with Crippen molar-refractivity contribution in [1.82, 2.24) is 16.2 Å². The molecule has 0 saturated carbocycles. The van der Waals surface area contributed by atoms with E-state index in [0.717, 1.165) is 6.42 Å². The van der Waals surface area contributed by atoms with E-state index in [0.29, 0.717) is 29.2 Å². The Hall–Kier alpha value is -3.39. The first kappa shape index (κ1) is 22.9. The van der Waals surface area contributed by atoms with Crippen molar-refractivity contribution in [2.75, 3.05) is 6.61 Å². The molecule has 2 amide bonds. The maximum Gasteiger partial charge on any atom is 0.269 e. The van der Waals surface area contributed by atoms with Gasteiger partial charge in [-0.15, -0.1) is 0 Å². The van der Waals surface area contributed by atoms with Crippen molar-refractivity contribution in [2.45, 2.75) is 26.4 Å². The third-order valence-electron chi connectivity index (χ3n) is 4.03. The van der Waals surface area contributed by atoms with E-state index in [1.165, 1.54) is 0 Å². The Labute approximate surface area is 181 Å². The van der Waals surface area contributed by atoms with Crippen LogP contribution in [0.5, 0.6) is 11.5 Å². The lowest BCUT2D eigenvalue weighted by atomic mass is 10.2. The Balaban J connectivity index is 1.81. The van der Waals surface area contributed by atoms with E-state index in [9.17, 15) is 9.59 Å². The number of hydrogen-bond donors (Lipinski definition) is 3. The molecule has 1 atom stereocenters. The van der Waals surface area contributed by atoms with Gasteiger partial charge in [0.25, 0.3) is 11.8 Å². The van der Waals surface area contributed by atoms with E-state index in [4.69, 9.17) is 21.7 Å². The Morgan fingerprint density at radius 2 is 1.57 bits per heavy atom. The van der Waals surface area contributed by atoms with Crippen LogP contribution in [-0.4, -0.2) is 29.6 Å². The molecule has 0 radical (unpaired) electrons. The van der Waals surface area contributed by atoms with Gasteiger partial charge >= 0.3 is 0 Å². The Bertz CT molecular complexity index is 882. The fourth-order valence-corrected chi connectivity index (χ4v) is 2.39. The number of carbonyl (C=O) groups is 2. The highest BCUT2D eigenvalue weighted by Crippen LogP contribution is 2.15. The Kier molecular flexibility index (Phi) is 8.83. The van der Waals surface area contributed by atoms with Crippen molar-refractivity contribution in [2.24, 2.45) is 0 Å². The molecule has 0 spiro atoms. The van der Waals surface area contributed by atoms with E-state index in [2.05, 4.69) is 22.7 Å². The van der Waals surface area contributed by atoms with Gasteiger partial charge in [-0.05, 0) is 74.1 Å². The highest BCUT2D eigenvalue weighted by Gasteiger charge is 2.10. The van der Waals surface area contributed by atoms with Crippen LogP contribution >= 0.6 is 12.2 Å². The quantitative estimate of drug-likeness (QED) is 0.340. The van der Waals surface area contributed by atoms with Crippen molar-refractivity contribution < 1.29 is 19.1 Å². The number of thiocarbonyl (C=S) groups is 1. The number of carbonyl (C=O) groups excluding carboxylic acids is 2. The summed E-state index contributed by atoms with van der Waals surface area (Å²) in [5, 5.41) is 2.47. The molecule has 0 aliphatic heterocycles. The zero-order valence-electron chi connectivity index (χ0n) is 16.9. The van der Waals surface area contributed by atoms with Crippen molar-refractivity contribution in [3.8, 4) is 11.5 Å². The summed E-state index contributed by atoms with van der Waals surface area (Å²) in [5.41, 5.74) is 5.76. The lowest BCUT2D eigenvalue weighted by molar-refractivity contribution is 0.0934. The largest absolute Gasteiger partial charge is 0.491 e. The molecular formula is C22H25N3O4S. The summed E-state index contributed by atoms with van der Waals surface area (Å²) in [5.74, 6) is 0.506. The Morgan fingerprint density at radius 3 is 2.13 bits per heavy atom. The van der Waals surface area contributed by atoms with Gasteiger partial charge in [-0.1, -0.05) is 19.6 Å². The number of amides is 2. The van der Waals surface area contributed by atoms with E-state index in [-0.39, 0.29) is 11.2 Å². The van der Waals surface area contributed by atoms with Crippen LogP contribution in [0.4, 0.5) is 0 Å². The van der Waals surface area contributed by atoms with Crippen LogP contribution in [0.3, 0.4) is 0 Å². The molecule has 2 aromatic rings. The minimum atomic E-state index is -0.409. The minimum absolute atomic E-state index is 0.0285. The molecule has 2 aromatic carbocycles. The summed E-state index contributed by atoms with van der Waals surface area (Å²) in [6, 6.07) is 13.3. The predicted molar refractivity (Wildman–Crippen MR) is 120 cm³/mol. The number of rotatable bonds is 8. The average molecular weight is 428 g/mol. The van der Waals surface area contributed by atoms with Crippen LogP contribution in [-0.2, 0) is 0 Å². The lowest BCUT2D eigenvalue weighted by Crippen LogP contribution is -2.48. The van der Waals surface area contributed by atoms with E-state index in [1.54, 1.807) is 54.6 Å². The molecule has 0 fully saturated rings. The zero-order valence-corrected chi connectivity index (χ0v) is 17.8. The molecule has 158 valence electrons. The van der Waals surface area contributed by atoms with Crippen LogP contribution in [0.25, 0.3) is 0 Å². The van der Waals surface area contributed by atoms with Crippen molar-refractivity contribution >= 4 is 29.1 Å². The smallest absolute Gasteiger partial charge is 0.269 e. The molecule has 7 nitrogen and oxygen atoms in total. The van der Waals surface area contributed by atoms with Gasteiger partial charge in [-0.2, -0.15) is 0 Å². The fraction of sp³-hybridized carbons (Fsp3) is 0.227. The highest BCUT2D eigenvalue weighted by molar-refractivity contribution is 7.80. The molecule has 1 unspecified atom stereocenters. The van der Waals surface area contributed by atoms with Gasteiger partial charge in [0.1, 0.15) is 18.1 Å². The second kappa shape index (κ2) is 11.6. The first-order valence-electron chi connectivity index (χ1n) is 9.45. The number of benzene rings is 2. The maximum atomic E-state index is 12.3. The van der Waals surface area contributed by atoms with E-state index < -0.39 is 11.8 Å². The van der Waals surface area contributed by atoms with Crippen LogP contribution in [0.1, 0.15) is 41.0 Å². The summed E-state index contributed by atoms with van der Waals surface area (Å²) in [4.78, 5) is 24.4. The molecule has 3 N–H and O–H groups in total. The molecule has 30 heavy (non-hydrogen) atoms. The van der Waals surface area contributed by atoms with Gasteiger partial charge in [-0.3, -0.25) is 25.8 Å². The Morgan fingerprint density at radius 1 is 1.00 bits per heavy atom. The summed E-state index contributed by atoms with van der Waals surface area (Å²) < 4.78 is 11.0. The monoisotopic (exact) mass is 427 g/mol. The molecule has 0 heterocycles. The van der Waals surface area contributed by atoms with Crippen molar-refractivity contribution in [1.29, 1.82) is 0 Å². The van der Waals surface area contributed by atoms with Gasteiger partial charge in [-0.25, -0.2) is 0 Å². The van der Waals surface area contributed by atoms with Crippen molar-refractivity contribution in [3.05, 3.63) is 72.3 Å². The fourth-order valence-electron chi connectivity index (χ4n) is 2.25. The highest BCUT2D eigenvalue weighted by atomic mass is 32.1. The predicted octanol–water partition coefficient (Wildman–Crippen LogP) is 3.38. The normalized spacial score (nSPS) is 11.0. The SMILES string of the molecule is C=CCOc1ccc(C(=O)NNC(=S)NC(=O)c2ccc(OC(C)CC)cc2)cc1. The maximum absolute atomic E-state index is 12.3. The first-order chi connectivity index (χ1) is 14.4. The summed E-state index contributed by atoms with van der Waals surface area (Å²) in [7, 11) is 0. The minimum Gasteiger partial charge on any atom is -0.491 e. The van der Waals surface area contributed by atoms with Crippen LogP contribution in [0, 0.1) is 0 Å². The standard InChI is InChI=1S/C22H25N3O4S/c1-4-14-28-18-10-6-17(7-11-18)21(27)24-25-22(30)23-20(26)16-8-12-19(13-9-16)29-15(3)5-2/h4,6-13,15H,1,5,14H2,2-3H3,(H,24,27)(H2,23,25,26,30). The summed E-state index contributed by atoms with van der Waals surface area (Å²) in [6.45, 7) is 7.97. The number of hydrazine groups is 1. The third kappa shape index (κ3) is 7.21. The molecule has 0 bridgehead atoms. The molecular weight excluding hydrogens is 402 g/mol. The topological polar surface area (TPSA) is 88.7 Å².